The van der Waals surface area contributed by atoms with Crippen LogP contribution >= 0.6 is 104 Å². The normalized spacial score (nSPS) is 17.0. The second kappa shape index (κ2) is 17.1. The largest absolute Gasteiger partial charge is 0.478 e. The van der Waals surface area contributed by atoms with Crippen LogP contribution in [-0.2, 0) is 9.53 Å². The Morgan fingerprint density at radius 1 is 1.08 bits per heavy atom. The molecule has 0 saturated carbocycles. The maximum atomic E-state index is 12.4. The summed E-state index contributed by atoms with van der Waals surface area (Å²) in [5.74, 6) is 0.0235. The molecule has 0 fully saturated rings. The van der Waals surface area contributed by atoms with E-state index in [1.807, 2.05) is 6.92 Å². The summed E-state index contributed by atoms with van der Waals surface area (Å²) in [5, 5.41) is 12.5. The van der Waals surface area contributed by atoms with E-state index in [0.717, 1.165) is 6.42 Å². The predicted octanol–water partition coefficient (Wildman–Crippen LogP) is 8.31. The third-order valence-corrected chi connectivity index (χ3v) is 76.6. The summed E-state index contributed by atoms with van der Waals surface area (Å²) in [7, 11) is 16.4. The van der Waals surface area contributed by atoms with E-state index in [0.29, 0.717) is 19.6 Å². The fourth-order valence-corrected chi connectivity index (χ4v) is 103. The van der Waals surface area contributed by atoms with Gasteiger partial charge in [-0.2, -0.15) is 0 Å². The molecule has 11 atom stereocenters. The van der Waals surface area contributed by atoms with Crippen LogP contribution in [0.15, 0.2) is 0 Å². The van der Waals surface area contributed by atoms with Gasteiger partial charge in [-0.25, -0.2) is 4.79 Å². The highest BCUT2D eigenvalue weighted by Crippen LogP contribution is 3.17. The Morgan fingerprint density at radius 2 is 1.68 bits per heavy atom. The number of hydrogen-bond acceptors (Lipinski definition) is 3. The molecule has 0 radical (unpaired) electrons. The topological polar surface area (TPSA) is 75.6 Å². The molecule has 0 spiro atoms. The molecular formula is C7H26NO4P13. The molecule has 0 aromatic heterocycles. The second-order valence-electron chi connectivity index (χ2n) is 4.30. The minimum atomic E-state index is -0.735. The molecule has 0 aliphatic heterocycles. The van der Waals surface area contributed by atoms with E-state index < -0.39 is 41.1 Å². The Balaban J connectivity index is 5.16. The summed E-state index contributed by atoms with van der Waals surface area (Å²) in [6.07, 6.45) is 1.31. The maximum Gasteiger partial charge on any atom is 0.325 e. The van der Waals surface area contributed by atoms with E-state index in [-0.39, 0.29) is 21.2 Å². The summed E-state index contributed by atoms with van der Waals surface area (Å²) in [6.45, 7) is 0.645. The van der Waals surface area contributed by atoms with Crippen LogP contribution in [0.3, 0.4) is 0 Å². The number of carboxylic acid groups (broad SMARTS) is 1. The predicted molar refractivity (Wildman–Crippen MR) is 150 cm³/mol. The van der Waals surface area contributed by atoms with E-state index in [4.69, 9.17) is 4.74 Å². The third kappa shape index (κ3) is 13.5. The minimum Gasteiger partial charge on any atom is -0.478 e. The molecule has 2 N–H and O–H groups in total. The van der Waals surface area contributed by atoms with Crippen molar-refractivity contribution in [2.24, 2.45) is 0 Å². The first-order chi connectivity index (χ1) is 11.6. The molecule has 1 amide bonds. The Morgan fingerprint density at radius 3 is 2.12 bits per heavy atom. The zero-order valence-corrected chi connectivity index (χ0v) is 26.9. The third-order valence-electron chi connectivity index (χ3n) is 2.26. The summed E-state index contributed by atoms with van der Waals surface area (Å²) < 4.78 is 5.42. The van der Waals surface area contributed by atoms with Gasteiger partial charge in [0.1, 0.15) is 0 Å². The van der Waals surface area contributed by atoms with Gasteiger partial charge in [0.15, 0.2) is 0 Å². The molecule has 11 unspecified atom stereocenters. The van der Waals surface area contributed by atoms with Crippen molar-refractivity contribution in [1.29, 1.82) is 0 Å². The van der Waals surface area contributed by atoms with Crippen molar-refractivity contribution in [3.05, 3.63) is 0 Å². The van der Waals surface area contributed by atoms with E-state index >= 15 is 0 Å². The summed E-state index contributed by atoms with van der Waals surface area (Å²) in [4.78, 5) is 23.6. The van der Waals surface area contributed by atoms with E-state index in [9.17, 15) is 14.7 Å². The lowest BCUT2D eigenvalue weighted by atomic mass is 10.4. The van der Waals surface area contributed by atoms with Gasteiger partial charge in [-0.15, -0.1) is 44.6 Å². The van der Waals surface area contributed by atoms with Crippen LogP contribution < -0.4 is 5.09 Å². The zero-order chi connectivity index (χ0) is 19.6. The number of hydrogen-bond donors (Lipinski definition) is 2. The Hall–Kier alpha value is 4.49. The number of ether oxygens (including phenoxy) is 1. The van der Waals surface area contributed by atoms with Crippen molar-refractivity contribution >= 4 is 116 Å². The highest BCUT2D eigenvalue weighted by molar-refractivity contribution is 9.20. The van der Waals surface area contributed by atoms with Crippen LogP contribution in [-0.4, -0.2) is 29.9 Å². The molecule has 0 aromatic rings. The van der Waals surface area contributed by atoms with Crippen LogP contribution in [0, 0.1) is 0 Å². The molecule has 148 valence electrons. The Labute approximate surface area is 172 Å². The standard InChI is InChI=1S/C7H26NO4P13/c1-2-4-12-5-3-6(9)8-20(24(18)21(13)14)25(22(15)16)23(17)19-7(10)11/h19H,2-5,13-18H2,1H3,(H,8,9)(H,10,11). The molecule has 0 saturated heterocycles. The van der Waals surface area contributed by atoms with Crippen molar-refractivity contribution in [3.8, 4) is 0 Å². The van der Waals surface area contributed by atoms with Crippen molar-refractivity contribution in [2.45, 2.75) is 19.8 Å². The molecule has 0 aromatic carbocycles. The molecule has 5 nitrogen and oxygen atoms in total. The molecule has 0 aliphatic carbocycles. The fourth-order valence-electron chi connectivity index (χ4n) is 1.30. The van der Waals surface area contributed by atoms with E-state index in [1.54, 1.807) is 0 Å². The SMILES string of the molecule is CCCOCCC(=O)NP(P(P)P(P)P)P(P(P)P)P(P)PC(=O)O. The molecule has 18 heteroatoms. The van der Waals surface area contributed by atoms with E-state index in [2.05, 4.69) is 58.7 Å². The molecular weight excluding hydrogens is 565 g/mol. The van der Waals surface area contributed by atoms with Gasteiger partial charge in [0.05, 0.1) is 20.5 Å². The van der Waals surface area contributed by atoms with Gasteiger partial charge in [0, 0.05) is 21.9 Å². The minimum absolute atomic E-state index is 0.0235. The highest BCUT2D eigenvalue weighted by atomic mass is 33.2. The van der Waals surface area contributed by atoms with Gasteiger partial charge in [0.2, 0.25) is 5.91 Å². The Kier molecular flexibility index (Phi) is 20.2. The van der Waals surface area contributed by atoms with E-state index in [1.165, 1.54) is 0 Å². The van der Waals surface area contributed by atoms with Gasteiger partial charge in [0.25, 0.3) is 0 Å². The van der Waals surface area contributed by atoms with Gasteiger partial charge in [-0.1, -0.05) is 15.9 Å². The second-order valence-corrected chi connectivity index (χ2v) is 53.8. The lowest BCUT2D eigenvalue weighted by Gasteiger charge is -2.38. The van der Waals surface area contributed by atoms with Crippen molar-refractivity contribution in [3.63, 3.8) is 0 Å². The first-order valence-electron chi connectivity index (χ1n) is 6.77. The number of carbonyl (C=O) groups excluding carboxylic acids is 1. The first-order valence-corrected chi connectivity index (χ1v) is 29.9. The summed E-state index contributed by atoms with van der Waals surface area (Å²) in [5.41, 5.74) is -0.734. The molecule has 0 rings (SSSR count). The average Bonchev–Trinajstić information content (AvgIpc) is 2.48. The quantitative estimate of drug-likeness (QED) is 0.167. The van der Waals surface area contributed by atoms with Crippen LogP contribution in [0.2, 0.25) is 0 Å². The first kappa shape index (κ1) is 29.5. The molecule has 0 bridgehead atoms. The van der Waals surface area contributed by atoms with Crippen LogP contribution in [0.5, 0.6) is 0 Å². The average molecular weight is 591 g/mol. The van der Waals surface area contributed by atoms with Crippen LogP contribution in [0.1, 0.15) is 19.8 Å². The highest BCUT2D eigenvalue weighted by Gasteiger charge is 2.37. The van der Waals surface area contributed by atoms with Gasteiger partial charge in [-0.05, 0) is 34.4 Å². The molecule has 0 heterocycles. The van der Waals surface area contributed by atoms with Gasteiger partial charge in [-0.3, -0.25) is 4.79 Å². The molecule has 0 aliphatic rings. The van der Waals surface area contributed by atoms with Gasteiger partial charge < -0.3 is 14.9 Å². The number of carbonyl (C=O) groups is 2. The zero-order valence-electron chi connectivity index (χ0n) is 13.6. The lowest BCUT2D eigenvalue weighted by molar-refractivity contribution is -0.120. The van der Waals surface area contributed by atoms with Crippen LogP contribution in [0.25, 0.3) is 0 Å². The van der Waals surface area contributed by atoms with Crippen molar-refractivity contribution in [1.82, 2.24) is 5.09 Å². The number of amides is 1. The maximum absolute atomic E-state index is 12.4. The van der Waals surface area contributed by atoms with Crippen molar-refractivity contribution < 1.29 is 19.4 Å². The fraction of sp³-hybridized carbons (Fsp3) is 0.714. The summed E-state index contributed by atoms with van der Waals surface area (Å²) >= 11 is 0. The summed E-state index contributed by atoms with van der Waals surface area (Å²) in [6, 6.07) is 0. The van der Waals surface area contributed by atoms with Crippen LogP contribution in [0.4, 0.5) is 4.79 Å². The number of nitrogens with one attached hydrogen (secondary N) is 1. The monoisotopic (exact) mass is 591 g/mol. The molecule has 25 heavy (non-hydrogen) atoms. The Bertz CT molecular complexity index is 414. The van der Waals surface area contributed by atoms with Gasteiger partial charge >= 0.3 is 5.71 Å². The van der Waals surface area contributed by atoms with Crippen molar-refractivity contribution in [2.75, 3.05) is 13.2 Å². The smallest absolute Gasteiger partial charge is 0.325 e. The number of rotatable bonds is 13. The lowest BCUT2D eigenvalue weighted by Crippen LogP contribution is -2.18.